The molecule has 3 heterocycles. The maximum atomic E-state index is 13.8. The van der Waals surface area contributed by atoms with Crippen molar-refractivity contribution in [1.82, 2.24) is 9.47 Å². The van der Waals surface area contributed by atoms with Gasteiger partial charge in [-0.2, -0.15) is 0 Å². The highest BCUT2D eigenvalue weighted by Crippen LogP contribution is 2.38. The Balaban J connectivity index is 1.55. The van der Waals surface area contributed by atoms with Gasteiger partial charge in [0.15, 0.2) is 0 Å². The second-order valence-corrected chi connectivity index (χ2v) is 9.46. The van der Waals surface area contributed by atoms with Gasteiger partial charge in [-0.05, 0) is 53.6 Å². The topological polar surface area (TPSA) is 25.2 Å². The third-order valence-electron chi connectivity index (χ3n) is 5.88. The number of halogens is 2. The number of hydrogen-bond acceptors (Lipinski definition) is 2. The molecule has 2 aromatic heterocycles. The van der Waals surface area contributed by atoms with Gasteiger partial charge in [-0.3, -0.25) is 4.79 Å². The normalized spacial score (nSPS) is 16.1. The van der Waals surface area contributed by atoms with E-state index in [0.717, 1.165) is 28.5 Å². The van der Waals surface area contributed by atoms with Crippen LogP contribution in [-0.2, 0) is 19.9 Å². The molecule has 1 atom stereocenters. The van der Waals surface area contributed by atoms with E-state index in [1.165, 1.54) is 10.4 Å². The van der Waals surface area contributed by atoms with Crippen molar-refractivity contribution in [2.45, 2.75) is 18.9 Å². The number of rotatable bonds is 3. The van der Waals surface area contributed by atoms with E-state index in [1.54, 1.807) is 11.3 Å². The minimum absolute atomic E-state index is 0.0162. The Kier molecular flexibility index (Phi) is 5.10. The Morgan fingerprint density at radius 1 is 1.13 bits per heavy atom. The molecule has 0 aliphatic carbocycles. The zero-order chi connectivity index (χ0) is 20.8. The molecule has 6 heteroatoms. The zero-order valence-corrected chi connectivity index (χ0v) is 18.8. The van der Waals surface area contributed by atoms with Crippen molar-refractivity contribution in [3.05, 3.63) is 91.7 Å². The Morgan fingerprint density at radius 3 is 2.80 bits per heavy atom. The van der Waals surface area contributed by atoms with Crippen molar-refractivity contribution < 1.29 is 4.79 Å². The van der Waals surface area contributed by atoms with Crippen molar-refractivity contribution in [1.29, 1.82) is 0 Å². The number of carbonyl (C=O) groups excluding carboxylic acids is 1. The van der Waals surface area contributed by atoms with Crippen LogP contribution in [0.3, 0.4) is 0 Å². The third kappa shape index (κ3) is 3.33. The van der Waals surface area contributed by atoms with Gasteiger partial charge in [0.25, 0.3) is 5.91 Å². The van der Waals surface area contributed by atoms with Gasteiger partial charge in [-0.25, -0.2) is 0 Å². The molecule has 0 fully saturated rings. The molecule has 1 aliphatic heterocycles. The molecule has 0 radical (unpaired) electrons. The number of para-hydroxylation sites is 1. The van der Waals surface area contributed by atoms with Crippen molar-refractivity contribution in [2.75, 3.05) is 6.54 Å². The summed E-state index contributed by atoms with van der Waals surface area (Å²) in [5.41, 5.74) is 4.24. The lowest BCUT2D eigenvalue weighted by molar-refractivity contribution is 0.0666. The van der Waals surface area contributed by atoms with Crippen LogP contribution in [0.25, 0.3) is 10.9 Å². The van der Waals surface area contributed by atoms with Gasteiger partial charge >= 0.3 is 0 Å². The molecule has 5 rings (SSSR count). The van der Waals surface area contributed by atoms with Crippen LogP contribution in [0, 0.1) is 0 Å². The van der Waals surface area contributed by atoms with Gasteiger partial charge in [-0.1, -0.05) is 47.5 Å². The van der Waals surface area contributed by atoms with Crippen LogP contribution in [0.15, 0.2) is 60.1 Å². The average molecular weight is 455 g/mol. The fourth-order valence-corrected chi connectivity index (χ4v) is 5.78. The SMILES string of the molecule is Cn1cc(C(=O)N2CCc3ccsc3C2Cc2ccc(Cl)c(Cl)c2)c2ccccc21. The van der Waals surface area contributed by atoms with Gasteiger partial charge in [0.1, 0.15) is 0 Å². The monoisotopic (exact) mass is 454 g/mol. The molecule has 30 heavy (non-hydrogen) atoms. The van der Waals surface area contributed by atoms with Crippen molar-refractivity contribution in [3.63, 3.8) is 0 Å². The predicted octanol–water partition coefficient (Wildman–Crippen LogP) is 6.53. The standard InChI is InChI=1S/C24H20Cl2N2OS/c1-27-14-18(17-4-2-3-5-21(17)27)24(29)28-10-8-16-9-11-30-23(16)22(28)13-15-6-7-19(25)20(26)12-15/h2-7,9,11-12,14,22H,8,10,13H2,1H3. The number of aryl methyl sites for hydroxylation is 1. The van der Waals surface area contributed by atoms with Crippen molar-refractivity contribution in [3.8, 4) is 0 Å². The van der Waals surface area contributed by atoms with Crippen LogP contribution in [0.5, 0.6) is 0 Å². The van der Waals surface area contributed by atoms with Crippen LogP contribution in [-0.4, -0.2) is 21.9 Å². The summed E-state index contributed by atoms with van der Waals surface area (Å²) in [5.74, 6) is 0.0795. The Labute approximate surface area is 189 Å². The summed E-state index contributed by atoms with van der Waals surface area (Å²) in [6, 6.07) is 16.0. The molecule has 3 nitrogen and oxygen atoms in total. The summed E-state index contributed by atoms with van der Waals surface area (Å²) in [5, 5.41) is 4.21. The number of aromatic nitrogens is 1. The van der Waals surface area contributed by atoms with Crippen LogP contribution >= 0.6 is 34.5 Å². The maximum Gasteiger partial charge on any atom is 0.256 e. The van der Waals surface area contributed by atoms with Crippen LogP contribution in [0.1, 0.15) is 32.4 Å². The van der Waals surface area contributed by atoms with E-state index in [-0.39, 0.29) is 11.9 Å². The number of carbonyl (C=O) groups is 1. The minimum Gasteiger partial charge on any atom is -0.350 e. The number of fused-ring (bicyclic) bond motifs is 2. The second-order valence-electron chi connectivity index (χ2n) is 7.70. The Hall–Kier alpha value is -2.27. The largest absolute Gasteiger partial charge is 0.350 e. The van der Waals surface area contributed by atoms with E-state index >= 15 is 0 Å². The fraction of sp³-hybridized carbons (Fsp3) is 0.208. The van der Waals surface area contributed by atoms with E-state index in [9.17, 15) is 4.79 Å². The summed E-state index contributed by atoms with van der Waals surface area (Å²) in [4.78, 5) is 17.0. The van der Waals surface area contributed by atoms with E-state index in [1.807, 2.05) is 65.2 Å². The predicted molar refractivity (Wildman–Crippen MR) is 125 cm³/mol. The molecule has 0 N–H and O–H groups in total. The highest BCUT2D eigenvalue weighted by atomic mass is 35.5. The number of nitrogens with zero attached hydrogens (tertiary/aromatic N) is 2. The maximum absolute atomic E-state index is 13.8. The first-order chi connectivity index (χ1) is 14.5. The van der Waals surface area contributed by atoms with E-state index in [2.05, 4.69) is 11.4 Å². The molecule has 0 bridgehead atoms. The number of benzene rings is 2. The van der Waals surface area contributed by atoms with Crippen molar-refractivity contribution in [2.24, 2.45) is 7.05 Å². The van der Waals surface area contributed by atoms with Gasteiger partial charge in [0.2, 0.25) is 0 Å². The molecular formula is C24H20Cl2N2OS. The van der Waals surface area contributed by atoms with E-state index < -0.39 is 0 Å². The van der Waals surface area contributed by atoms with Gasteiger partial charge in [0.05, 0.1) is 21.7 Å². The lowest BCUT2D eigenvalue weighted by atomic mass is 9.95. The first-order valence-corrected chi connectivity index (χ1v) is 11.5. The summed E-state index contributed by atoms with van der Waals surface area (Å²) < 4.78 is 2.02. The summed E-state index contributed by atoms with van der Waals surface area (Å²) in [6.07, 6.45) is 3.54. The molecule has 2 aromatic carbocycles. The van der Waals surface area contributed by atoms with Gasteiger partial charge in [0, 0.05) is 35.6 Å². The first-order valence-electron chi connectivity index (χ1n) is 9.88. The highest BCUT2D eigenvalue weighted by molar-refractivity contribution is 7.10. The molecule has 0 spiro atoms. The number of amides is 1. The smallest absolute Gasteiger partial charge is 0.256 e. The summed E-state index contributed by atoms with van der Waals surface area (Å²) in [6.45, 7) is 0.706. The average Bonchev–Trinajstić information content (AvgIpc) is 3.36. The van der Waals surface area contributed by atoms with Gasteiger partial charge in [-0.15, -0.1) is 11.3 Å². The highest BCUT2D eigenvalue weighted by Gasteiger charge is 2.33. The van der Waals surface area contributed by atoms with Gasteiger partial charge < -0.3 is 9.47 Å². The minimum atomic E-state index is -0.0162. The quantitative estimate of drug-likeness (QED) is 0.345. The van der Waals surface area contributed by atoms with Crippen LogP contribution < -0.4 is 0 Å². The number of thiophene rings is 1. The molecule has 1 amide bonds. The molecule has 152 valence electrons. The Morgan fingerprint density at radius 2 is 1.97 bits per heavy atom. The molecule has 0 saturated heterocycles. The zero-order valence-electron chi connectivity index (χ0n) is 16.4. The molecule has 1 aliphatic rings. The molecular weight excluding hydrogens is 435 g/mol. The second kappa shape index (κ2) is 7.77. The van der Waals surface area contributed by atoms with E-state index in [0.29, 0.717) is 23.0 Å². The Bertz CT molecular complexity index is 1260. The first kappa shape index (κ1) is 19.7. The molecule has 4 aromatic rings. The summed E-state index contributed by atoms with van der Waals surface area (Å²) >= 11 is 14.1. The molecule has 0 saturated carbocycles. The third-order valence-corrected chi connectivity index (χ3v) is 7.68. The lowest BCUT2D eigenvalue weighted by Crippen LogP contribution is -2.40. The van der Waals surface area contributed by atoms with Crippen LogP contribution in [0.2, 0.25) is 10.0 Å². The number of hydrogen-bond donors (Lipinski definition) is 0. The summed E-state index contributed by atoms with van der Waals surface area (Å²) in [7, 11) is 1.99. The van der Waals surface area contributed by atoms with Crippen molar-refractivity contribution >= 4 is 51.3 Å². The molecule has 1 unspecified atom stereocenters. The lowest BCUT2D eigenvalue weighted by Gasteiger charge is -2.36. The van der Waals surface area contributed by atoms with Crippen LogP contribution in [0.4, 0.5) is 0 Å². The fourth-order valence-electron chi connectivity index (χ4n) is 4.39. The van der Waals surface area contributed by atoms with E-state index in [4.69, 9.17) is 23.2 Å².